The van der Waals surface area contributed by atoms with Crippen molar-refractivity contribution in [2.75, 3.05) is 5.32 Å². The number of rotatable bonds is 1. The molecule has 1 aliphatic carbocycles. The predicted molar refractivity (Wildman–Crippen MR) is 91.9 cm³/mol. The molecule has 0 saturated carbocycles. The number of alkyl halides is 3. The molecule has 24 heavy (non-hydrogen) atoms. The zero-order chi connectivity index (χ0) is 16.9. The fourth-order valence-corrected chi connectivity index (χ4v) is 4.34. The molecule has 2 aromatic rings. The van der Waals surface area contributed by atoms with E-state index in [0.29, 0.717) is 0 Å². The van der Waals surface area contributed by atoms with Gasteiger partial charge in [-0.3, -0.25) is 0 Å². The van der Waals surface area contributed by atoms with E-state index in [-0.39, 0.29) is 17.9 Å². The number of fused-ring (bicyclic) bond motifs is 3. The number of nitrogens with one attached hydrogen (secondary N) is 1. The number of allylic oxidation sites excluding steroid dienone is 2. The van der Waals surface area contributed by atoms with Crippen LogP contribution < -0.4 is 5.32 Å². The van der Waals surface area contributed by atoms with Gasteiger partial charge in [-0.15, -0.1) is 0 Å². The Bertz CT molecular complexity index is 812. The molecule has 0 radical (unpaired) electrons. The van der Waals surface area contributed by atoms with Gasteiger partial charge in [-0.25, -0.2) is 0 Å². The Labute approximate surface area is 146 Å². The third-order valence-electron chi connectivity index (χ3n) is 4.93. The van der Waals surface area contributed by atoms with Crippen LogP contribution in [0.1, 0.15) is 35.1 Å². The minimum atomic E-state index is -4.31. The molecule has 0 saturated heterocycles. The van der Waals surface area contributed by atoms with Gasteiger partial charge in [-0.2, -0.15) is 13.2 Å². The van der Waals surface area contributed by atoms with E-state index in [1.807, 2.05) is 24.3 Å². The molecule has 1 N–H and O–H groups in total. The Hall–Kier alpha value is -1.75. The van der Waals surface area contributed by atoms with E-state index in [0.717, 1.165) is 33.8 Å². The molecular formula is C19H15BrF3N. The molecule has 0 amide bonds. The molecule has 4 rings (SSSR count). The van der Waals surface area contributed by atoms with Gasteiger partial charge in [0.2, 0.25) is 0 Å². The molecule has 1 heterocycles. The first-order valence-electron chi connectivity index (χ1n) is 7.84. The summed E-state index contributed by atoms with van der Waals surface area (Å²) in [5.74, 6) is 0.236. The highest BCUT2D eigenvalue weighted by Crippen LogP contribution is 2.51. The Morgan fingerprint density at radius 2 is 1.83 bits per heavy atom. The molecule has 0 aromatic heterocycles. The maximum atomic E-state index is 13.1. The molecule has 2 aliphatic rings. The topological polar surface area (TPSA) is 12.0 Å². The molecular weight excluding hydrogens is 379 g/mol. The van der Waals surface area contributed by atoms with Crippen LogP contribution in [0.5, 0.6) is 0 Å². The lowest BCUT2D eigenvalue weighted by molar-refractivity contribution is -0.137. The van der Waals surface area contributed by atoms with Crippen LogP contribution in [0, 0.1) is 5.92 Å². The number of hydrogen-bond donors (Lipinski definition) is 1. The largest absolute Gasteiger partial charge is 0.416 e. The third-order valence-corrected chi connectivity index (χ3v) is 5.65. The SMILES string of the molecule is FC(F)(F)c1ccc2c(c1)[C@@H]1C=CC[C@H]1[C@@H](c1ccccc1Br)N2. The van der Waals surface area contributed by atoms with Gasteiger partial charge < -0.3 is 5.32 Å². The fourth-order valence-electron chi connectivity index (χ4n) is 3.81. The highest BCUT2D eigenvalue weighted by Gasteiger charge is 2.40. The molecule has 2 aromatic carbocycles. The van der Waals surface area contributed by atoms with Crippen molar-refractivity contribution in [3.05, 3.63) is 75.8 Å². The maximum Gasteiger partial charge on any atom is 0.416 e. The fraction of sp³-hybridized carbons (Fsp3) is 0.263. The predicted octanol–water partition coefficient (Wildman–Crippen LogP) is 6.29. The normalized spacial score (nSPS) is 25.1. The van der Waals surface area contributed by atoms with E-state index < -0.39 is 11.7 Å². The van der Waals surface area contributed by atoms with Crippen LogP contribution in [0.15, 0.2) is 59.1 Å². The summed E-state index contributed by atoms with van der Waals surface area (Å²) in [6, 6.07) is 12.1. The van der Waals surface area contributed by atoms with Gasteiger partial charge in [0, 0.05) is 16.1 Å². The number of hydrogen-bond acceptors (Lipinski definition) is 1. The Kier molecular flexibility index (Phi) is 3.71. The highest BCUT2D eigenvalue weighted by molar-refractivity contribution is 9.10. The van der Waals surface area contributed by atoms with Crippen molar-refractivity contribution in [3.8, 4) is 0 Å². The molecule has 3 atom stereocenters. The summed E-state index contributed by atoms with van der Waals surface area (Å²) in [7, 11) is 0. The van der Waals surface area contributed by atoms with Crippen molar-refractivity contribution < 1.29 is 13.2 Å². The highest BCUT2D eigenvalue weighted by atomic mass is 79.9. The quantitative estimate of drug-likeness (QED) is 0.561. The standard InChI is InChI=1S/C19H15BrF3N/c20-16-7-2-1-4-14(16)18-13-6-3-5-12(13)15-10-11(19(21,22)23)8-9-17(15)24-18/h1-5,7-10,12-13,18,24H,6H2/t12-,13-,18+/m1/s1. The molecule has 0 fully saturated rings. The second-order valence-corrected chi connectivity index (χ2v) is 7.15. The van der Waals surface area contributed by atoms with E-state index in [1.165, 1.54) is 6.07 Å². The van der Waals surface area contributed by atoms with E-state index >= 15 is 0 Å². The smallest absolute Gasteiger partial charge is 0.378 e. The van der Waals surface area contributed by atoms with E-state index in [4.69, 9.17) is 0 Å². The zero-order valence-electron chi connectivity index (χ0n) is 12.6. The van der Waals surface area contributed by atoms with E-state index in [2.05, 4.69) is 33.4 Å². The van der Waals surface area contributed by atoms with Crippen molar-refractivity contribution in [1.29, 1.82) is 0 Å². The first-order chi connectivity index (χ1) is 11.4. The van der Waals surface area contributed by atoms with Crippen LogP contribution >= 0.6 is 15.9 Å². The van der Waals surface area contributed by atoms with Crippen LogP contribution in [-0.4, -0.2) is 0 Å². The van der Waals surface area contributed by atoms with Crippen LogP contribution in [-0.2, 0) is 6.18 Å². The van der Waals surface area contributed by atoms with Crippen molar-refractivity contribution in [2.24, 2.45) is 5.92 Å². The van der Waals surface area contributed by atoms with Gasteiger partial charge in [0.05, 0.1) is 11.6 Å². The Morgan fingerprint density at radius 3 is 2.58 bits per heavy atom. The summed E-state index contributed by atoms with van der Waals surface area (Å²) in [4.78, 5) is 0. The molecule has 1 nitrogen and oxygen atoms in total. The average molecular weight is 394 g/mol. The van der Waals surface area contributed by atoms with Gasteiger partial charge >= 0.3 is 6.18 Å². The number of benzene rings is 2. The Balaban J connectivity index is 1.79. The van der Waals surface area contributed by atoms with E-state index in [1.54, 1.807) is 6.07 Å². The van der Waals surface area contributed by atoms with Crippen molar-refractivity contribution in [1.82, 2.24) is 0 Å². The summed E-state index contributed by atoms with van der Waals surface area (Å²) in [5.41, 5.74) is 2.09. The van der Waals surface area contributed by atoms with Gasteiger partial charge in [-0.1, -0.05) is 46.3 Å². The molecule has 5 heteroatoms. The molecule has 0 bridgehead atoms. The van der Waals surface area contributed by atoms with Crippen LogP contribution in [0.4, 0.5) is 18.9 Å². The summed E-state index contributed by atoms with van der Waals surface area (Å²) in [5, 5.41) is 3.47. The lowest BCUT2D eigenvalue weighted by Gasteiger charge is -2.38. The summed E-state index contributed by atoms with van der Waals surface area (Å²) >= 11 is 3.60. The summed E-state index contributed by atoms with van der Waals surface area (Å²) in [6.45, 7) is 0. The van der Waals surface area contributed by atoms with Gasteiger partial charge in [0.1, 0.15) is 0 Å². The number of anilines is 1. The van der Waals surface area contributed by atoms with Crippen LogP contribution in [0.2, 0.25) is 0 Å². The van der Waals surface area contributed by atoms with E-state index in [9.17, 15) is 13.2 Å². The number of halogens is 4. The lowest BCUT2D eigenvalue weighted by atomic mass is 9.76. The first-order valence-corrected chi connectivity index (χ1v) is 8.63. The second-order valence-electron chi connectivity index (χ2n) is 6.30. The van der Waals surface area contributed by atoms with Crippen molar-refractivity contribution in [2.45, 2.75) is 24.6 Å². The maximum absolute atomic E-state index is 13.1. The minimum Gasteiger partial charge on any atom is -0.378 e. The van der Waals surface area contributed by atoms with Crippen LogP contribution in [0.3, 0.4) is 0 Å². The van der Waals surface area contributed by atoms with Gasteiger partial charge in [-0.05, 0) is 47.7 Å². The molecule has 1 aliphatic heterocycles. The second kappa shape index (κ2) is 5.66. The first kappa shape index (κ1) is 15.8. The average Bonchev–Trinajstić information content (AvgIpc) is 3.03. The van der Waals surface area contributed by atoms with Crippen molar-refractivity contribution in [3.63, 3.8) is 0 Å². The molecule has 124 valence electrons. The van der Waals surface area contributed by atoms with Gasteiger partial charge in [0.15, 0.2) is 0 Å². The summed E-state index contributed by atoms with van der Waals surface area (Å²) in [6.07, 6.45) is 0.677. The molecule has 0 spiro atoms. The lowest BCUT2D eigenvalue weighted by Crippen LogP contribution is -2.29. The summed E-state index contributed by atoms with van der Waals surface area (Å²) < 4.78 is 40.2. The van der Waals surface area contributed by atoms with Crippen molar-refractivity contribution >= 4 is 21.6 Å². The minimum absolute atomic E-state index is 0.0145. The third kappa shape index (κ3) is 2.55. The van der Waals surface area contributed by atoms with Gasteiger partial charge in [0.25, 0.3) is 0 Å². The Morgan fingerprint density at radius 1 is 1.04 bits per heavy atom. The molecule has 0 unspecified atom stereocenters. The monoisotopic (exact) mass is 393 g/mol. The van der Waals surface area contributed by atoms with Crippen LogP contribution in [0.25, 0.3) is 0 Å². The zero-order valence-corrected chi connectivity index (χ0v) is 14.2.